The zero-order chi connectivity index (χ0) is 25.6. The second kappa shape index (κ2) is 8.00. The average molecular weight is 523 g/mol. The van der Waals surface area contributed by atoms with E-state index >= 15 is 8.78 Å². The molecule has 1 amide bonds. The first kappa shape index (κ1) is 23.1. The van der Waals surface area contributed by atoms with E-state index in [1.54, 1.807) is 6.07 Å². The molecule has 4 aliphatic rings. The van der Waals surface area contributed by atoms with Crippen LogP contribution < -0.4 is 15.4 Å². The lowest BCUT2D eigenvalue weighted by molar-refractivity contribution is 0.0539. The van der Waals surface area contributed by atoms with Crippen molar-refractivity contribution in [2.75, 3.05) is 11.9 Å². The molecule has 3 aromatic rings. The summed E-state index contributed by atoms with van der Waals surface area (Å²) in [5.74, 6) is -1.86. The highest BCUT2D eigenvalue weighted by atomic mass is 35.5. The van der Waals surface area contributed by atoms with Gasteiger partial charge in [-0.1, -0.05) is 30.7 Å². The van der Waals surface area contributed by atoms with E-state index in [-0.39, 0.29) is 33.7 Å². The largest absolute Gasteiger partial charge is 0.480 e. The Morgan fingerprint density at radius 2 is 2.00 bits per heavy atom. The molecule has 5 nitrogen and oxygen atoms in total. The monoisotopic (exact) mass is 522 g/mol. The molecular formula is C29H25ClF2N2O3. The van der Waals surface area contributed by atoms with Crippen molar-refractivity contribution in [1.82, 2.24) is 5.32 Å². The number of ether oxygens (including phenoxy) is 1. The third kappa shape index (κ3) is 3.17. The first-order valence-corrected chi connectivity index (χ1v) is 13.0. The SMILES string of the molecule is C[C@@H]1Cc2c(cc3c(c2F)-c2c(Cl)c(F)cc4c2C[C@]([C@@H]2CCCN2)(O4)c2cccc(c2)NC3=O)[C@H]1O. The number of carbonyl (C=O) groups excluding carboxylic acids is 1. The maximum atomic E-state index is 16.5. The van der Waals surface area contributed by atoms with Crippen LogP contribution in [0.25, 0.3) is 11.1 Å². The lowest BCUT2D eigenvalue weighted by Crippen LogP contribution is -2.49. The van der Waals surface area contributed by atoms with E-state index in [9.17, 15) is 9.90 Å². The van der Waals surface area contributed by atoms with Crippen molar-refractivity contribution in [2.24, 2.45) is 5.92 Å². The fraction of sp³-hybridized carbons (Fsp3) is 0.345. The van der Waals surface area contributed by atoms with Crippen LogP contribution >= 0.6 is 11.6 Å². The van der Waals surface area contributed by atoms with Crippen molar-refractivity contribution in [1.29, 1.82) is 0 Å². The lowest BCUT2D eigenvalue weighted by atomic mass is 9.80. The van der Waals surface area contributed by atoms with Gasteiger partial charge >= 0.3 is 0 Å². The van der Waals surface area contributed by atoms with Crippen molar-refractivity contribution >= 4 is 23.2 Å². The molecule has 1 saturated heterocycles. The van der Waals surface area contributed by atoms with Gasteiger partial charge in [-0.05, 0) is 66.6 Å². The summed E-state index contributed by atoms with van der Waals surface area (Å²) in [6.07, 6.45) is 1.56. The van der Waals surface area contributed by atoms with Crippen LogP contribution in [0.2, 0.25) is 5.02 Å². The van der Waals surface area contributed by atoms with Crippen LogP contribution in [0, 0.1) is 17.6 Å². The summed E-state index contributed by atoms with van der Waals surface area (Å²) < 4.78 is 38.4. The van der Waals surface area contributed by atoms with Crippen LogP contribution in [-0.2, 0) is 18.4 Å². The number of anilines is 1. The highest BCUT2D eigenvalue weighted by molar-refractivity contribution is 6.34. The van der Waals surface area contributed by atoms with Gasteiger partial charge < -0.3 is 20.5 Å². The van der Waals surface area contributed by atoms with E-state index in [0.29, 0.717) is 41.0 Å². The molecule has 190 valence electrons. The maximum Gasteiger partial charge on any atom is 0.256 e. The molecule has 0 aromatic heterocycles. The Balaban J connectivity index is 1.58. The molecule has 1 fully saturated rings. The molecule has 3 aliphatic heterocycles. The molecule has 0 radical (unpaired) electrons. The summed E-state index contributed by atoms with van der Waals surface area (Å²) in [5, 5.41) is 16.9. The number of rotatable bonds is 1. The smallest absolute Gasteiger partial charge is 0.256 e. The number of benzene rings is 3. The molecule has 37 heavy (non-hydrogen) atoms. The second-order valence-corrected chi connectivity index (χ2v) is 11.1. The van der Waals surface area contributed by atoms with Gasteiger partial charge in [0.1, 0.15) is 17.4 Å². The van der Waals surface area contributed by atoms with Gasteiger partial charge in [-0.2, -0.15) is 0 Å². The molecule has 8 heteroatoms. The van der Waals surface area contributed by atoms with E-state index in [1.807, 2.05) is 25.1 Å². The van der Waals surface area contributed by atoms with Gasteiger partial charge in [0.2, 0.25) is 0 Å². The van der Waals surface area contributed by atoms with E-state index in [4.69, 9.17) is 16.3 Å². The molecule has 4 atom stereocenters. The minimum atomic E-state index is -0.901. The Kier molecular flexibility index (Phi) is 5.00. The van der Waals surface area contributed by atoms with Crippen molar-refractivity contribution in [2.45, 2.75) is 50.4 Å². The van der Waals surface area contributed by atoms with Gasteiger partial charge in [0.25, 0.3) is 5.91 Å². The third-order valence-corrected chi connectivity index (χ3v) is 8.90. The number of carbonyl (C=O) groups is 1. The van der Waals surface area contributed by atoms with Crippen molar-refractivity contribution in [3.8, 4) is 16.9 Å². The molecule has 3 N–H and O–H groups in total. The summed E-state index contributed by atoms with van der Waals surface area (Å²) in [4.78, 5) is 13.7. The summed E-state index contributed by atoms with van der Waals surface area (Å²) >= 11 is 6.60. The number of hydrogen-bond acceptors (Lipinski definition) is 4. The average Bonchev–Trinajstić information content (AvgIpc) is 3.60. The van der Waals surface area contributed by atoms with Gasteiger partial charge in [0, 0.05) is 34.9 Å². The fourth-order valence-electron chi connectivity index (χ4n) is 6.71. The third-order valence-electron chi connectivity index (χ3n) is 8.53. The number of hydrogen-bond donors (Lipinski definition) is 3. The molecule has 0 saturated carbocycles. The molecule has 7 rings (SSSR count). The van der Waals surface area contributed by atoms with Crippen LogP contribution in [0.5, 0.6) is 5.75 Å². The highest BCUT2D eigenvalue weighted by Gasteiger charge is 2.50. The van der Waals surface area contributed by atoms with E-state index in [1.165, 1.54) is 12.1 Å². The molecule has 3 aromatic carbocycles. The standard InChI is InChI=1S/C29H25ClF2N2O3/c1-13-8-16-17(27(13)35)10-18-24(26(16)32)23-19-12-29(22-6-3-7-33-22,37-21(19)11-20(31)25(23)30)14-4-2-5-15(9-14)34-28(18)36/h2,4-5,9-11,13,22,27,33,35H,3,6-8,12H2,1H3,(H,34,36)/t13-,22+,27+,29+/m1/s1. The minimum absolute atomic E-state index is 0.00268. The van der Waals surface area contributed by atoms with Gasteiger partial charge in [-0.3, -0.25) is 4.79 Å². The van der Waals surface area contributed by atoms with Crippen LogP contribution in [0.1, 0.15) is 58.5 Å². The topological polar surface area (TPSA) is 70.6 Å². The Labute approximate surface area is 217 Å². The zero-order valence-corrected chi connectivity index (χ0v) is 20.9. The molecule has 0 spiro atoms. The van der Waals surface area contributed by atoms with Gasteiger partial charge in [0.05, 0.1) is 22.7 Å². The Hall–Kier alpha value is -3.00. The van der Waals surface area contributed by atoms with Crippen molar-refractivity contribution in [3.05, 3.63) is 80.9 Å². The van der Waals surface area contributed by atoms with Gasteiger partial charge in [-0.15, -0.1) is 0 Å². The number of halogens is 3. The van der Waals surface area contributed by atoms with Crippen LogP contribution in [0.4, 0.5) is 14.5 Å². The van der Waals surface area contributed by atoms with Crippen molar-refractivity contribution in [3.63, 3.8) is 0 Å². The number of amides is 1. The Bertz CT molecular complexity index is 1500. The van der Waals surface area contributed by atoms with E-state index < -0.39 is 29.2 Å². The predicted molar refractivity (Wildman–Crippen MR) is 136 cm³/mol. The number of nitrogens with one attached hydrogen (secondary N) is 2. The fourth-order valence-corrected chi connectivity index (χ4v) is 6.97. The Morgan fingerprint density at radius 1 is 1.16 bits per heavy atom. The van der Waals surface area contributed by atoms with Crippen molar-refractivity contribution < 1.29 is 23.4 Å². The second-order valence-electron chi connectivity index (χ2n) is 10.7. The highest BCUT2D eigenvalue weighted by Crippen LogP contribution is 2.53. The van der Waals surface area contributed by atoms with Crippen LogP contribution in [0.3, 0.4) is 0 Å². The van der Waals surface area contributed by atoms with Gasteiger partial charge in [-0.25, -0.2) is 8.78 Å². The first-order valence-electron chi connectivity index (χ1n) is 12.7. The normalized spacial score (nSPS) is 27.3. The molecule has 4 bridgehead atoms. The predicted octanol–water partition coefficient (Wildman–Crippen LogP) is 5.66. The number of fused-ring (bicyclic) bond motifs is 7. The minimum Gasteiger partial charge on any atom is -0.480 e. The number of aliphatic hydroxyl groups is 1. The zero-order valence-electron chi connectivity index (χ0n) is 20.1. The quantitative estimate of drug-likeness (QED) is 0.386. The maximum absolute atomic E-state index is 16.5. The molecular weight excluding hydrogens is 498 g/mol. The molecule has 3 heterocycles. The Morgan fingerprint density at radius 3 is 2.78 bits per heavy atom. The summed E-state index contributed by atoms with van der Waals surface area (Å²) in [6.45, 7) is 2.66. The van der Waals surface area contributed by atoms with E-state index in [2.05, 4.69) is 10.6 Å². The van der Waals surface area contributed by atoms with Crippen LogP contribution in [-0.4, -0.2) is 23.6 Å². The van der Waals surface area contributed by atoms with E-state index in [0.717, 1.165) is 24.9 Å². The van der Waals surface area contributed by atoms with Gasteiger partial charge in [0.15, 0.2) is 5.60 Å². The molecule has 1 aliphatic carbocycles. The van der Waals surface area contributed by atoms with Crippen LogP contribution in [0.15, 0.2) is 36.4 Å². The summed E-state index contributed by atoms with van der Waals surface area (Å²) in [6, 6.07) is 10.2. The lowest BCUT2D eigenvalue weighted by Gasteiger charge is -2.35. The first-order chi connectivity index (χ1) is 17.8. The summed E-state index contributed by atoms with van der Waals surface area (Å²) in [5.41, 5.74) is 1.88. The molecule has 0 unspecified atom stereocenters. The number of aliphatic hydroxyl groups excluding tert-OH is 1. The summed E-state index contributed by atoms with van der Waals surface area (Å²) in [7, 11) is 0.